The van der Waals surface area contributed by atoms with Gasteiger partial charge in [0, 0.05) is 6.42 Å². The zero-order chi connectivity index (χ0) is 13.2. The van der Waals surface area contributed by atoms with Crippen LogP contribution in [-0.4, -0.2) is 40.5 Å². The summed E-state index contributed by atoms with van der Waals surface area (Å²) in [6.45, 7) is 5.69. The van der Waals surface area contributed by atoms with E-state index in [-0.39, 0.29) is 36.7 Å². The predicted molar refractivity (Wildman–Crippen MR) is 60.0 cm³/mol. The van der Waals surface area contributed by atoms with E-state index in [1.165, 1.54) is 4.90 Å². The van der Waals surface area contributed by atoms with Crippen LogP contribution in [0, 0.1) is 5.41 Å². The lowest BCUT2D eigenvalue weighted by atomic mass is 9.91. The molecule has 0 aromatic carbocycles. The van der Waals surface area contributed by atoms with Crippen molar-refractivity contribution in [1.29, 1.82) is 0 Å². The summed E-state index contributed by atoms with van der Waals surface area (Å²) in [4.78, 5) is 35.3. The van der Waals surface area contributed by atoms with Crippen molar-refractivity contribution in [2.45, 2.75) is 39.7 Å². The number of nitrogens with one attached hydrogen (secondary N) is 1. The maximum atomic E-state index is 11.9. The van der Waals surface area contributed by atoms with E-state index < -0.39 is 12.0 Å². The molecule has 1 unspecified atom stereocenters. The van der Waals surface area contributed by atoms with Gasteiger partial charge in [0.15, 0.2) is 0 Å². The Morgan fingerprint density at radius 3 is 2.53 bits per heavy atom. The van der Waals surface area contributed by atoms with Gasteiger partial charge < -0.3 is 15.3 Å². The monoisotopic (exact) mass is 242 g/mol. The van der Waals surface area contributed by atoms with Gasteiger partial charge in [0.2, 0.25) is 11.8 Å². The summed E-state index contributed by atoms with van der Waals surface area (Å²) < 4.78 is 0. The van der Waals surface area contributed by atoms with Crippen LogP contribution in [0.25, 0.3) is 0 Å². The van der Waals surface area contributed by atoms with Crippen molar-refractivity contribution in [2.75, 3.05) is 6.67 Å². The van der Waals surface area contributed by atoms with Gasteiger partial charge in [-0.15, -0.1) is 0 Å². The highest BCUT2D eigenvalue weighted by molar-refractivity contribution is 5.90. The van der Waals surface area contributed by atoms with E-state index in [4.69, 9.17) is 5.11 Å². The third kappa shape index (κ3) is 3.72. The van der Waals surface area contributed by atoms with Crippen LogP contribution in [-0.2, 0) is 14.4 Å². The summed E-state index contributed by atoms with van der Waals surface area (Å²) in [6, 6.07) is -1.04. The third-order valence-electron chi connectivity index (χ3n) is 2.49. The fourth-order valence-corrected chi connectivity index (χ4v) is 1.68. The maximum absolute atomic E-state index is 11.9. The number of carbonyl (C=O) groups excluding carboxylic acids is 2. The first-order valence-electron chi connectivity index (χ1n) is 5.50. The van der Waals surface area contributed by atoms with Gasteiger partial charge in [-0.05, 0) is 5.41 Å². The van der Waals surface area contributed by atoms with Crippen LogP contribution in [0.3, 0.4) is 0 Å². The molecule has 0 aliphatic carbocycles. The number of aliphatic carboxylic acids is 1. The Labute approximate surface area is 100.0 Å². The second-order valence-corrected chi connectivity index (χ2v) is 5.42. The molecule has 1 aliphatic heterocycles. The molecule has 1 fully saturated rings. The normalized spacial score (nSPS) is 21.0. The molecule has 0 aromatic heterocycles. The van der Waals surface area contributed by atoms with Gasteiger partial charge >= 0.3 is 5.97 Å². The first kappa shape index (κ1) is 13.5. The Bertz CT molecular complexity index is 346. The highest BCUT2D eigenvalue weighted by Crippen LogP contribution is 2.21. The molecular formula is C11H18N2O4. The number of carboxylic acid groups (broad SMARTS) is 1. The second kappa shape index (κ2) is 4.73. The average molecular weight is 242 g/mol. The first-order chi connectivity index (χ1) is 7.70. The van der Waals surface area contributed by atoms with Crippen molar-refractivity contribution in [1.82, 2.24) is 10.2 Å². The summed E-state index contributed by atoms with van der Waals surface area (Å²) in [6.07, 6.45) is 0.0812. The Morgan fingerprint density at radius 2 is 2.06 bits per heavy atom. The Balaban J connectivity index is 2.76. The van der Waals surface area contributed by atoms with Crippen molar-refractivity contribution in [3.8, 4) is 0 Å². The van der Waals surface area contributed by atoms with Crippen LogP contribution in [0.1, 0.15) is 33.6 Å². The van der Waals surface area contributed by atoms with E-state index in [2.05, 4.69) is 5.32 Å². The van der Waals surface area contributed by atoms with E-state index >= 15 is 0 Å². The molecule has 1 heterocycles. The number of amides is 2. The Morgan fingerprint density at radius 1 is 1.47 bits per heavy atom. The van der Waals surface area contributed by atoms with Crippen molar-refractivity contribution >= 4 is 17.8 Å². The fraction of sp³-hybridized carbons (Fsp3) is 0.727. The largest absolute Gasteiger partial charge is 0.480 e. The number of carbonyl (C=O) groups is 3. The summed E-state index contributed by atoms with van der Waals surface area (Å²) in [5.41, 5.74) is -0.207. The summed E-state index contributed by atoms with van der Waals surface area (Å²) in [5, 5.41) is 11.5. The predicted octanol–water partition coefficient (Wildman–Crippen LogP) is 0.182. The standard InChI is InChI=1S/C11H18N2O4/c1-11(2,3)5-9(15)13-6-12-8(14)4-7(13)10(16)17/h7H,4-6H2,1-3H3,(H,12,14)(H,16,17). The van der Waals surface area contributed by atoms with E-state index in [0.29, 0.717) is 0 Å². The van der Waals surface area contributed by atoms with Crippen LogP contribution >= 0.6 is 0 Å². The molecule has 1 aliphatic rings. The zero-order valence-electron chi connectivity index (χ0n) is 10.3. The molecule has 2 amide bonds. The molecule has 1 rings (SSSR count). The minimum Gasteiger partial charge on any atom is -0.480 e. The number of carboxylic acids is 1. The molecule has 0 bridgehead atoms. The molecule has 17 heavy (non-hydrogen) atoms. The lowest BCUT2D eigenvalue weighted by molar-refractivity contribution is -0.156. The van der Waals surface area contributed by atoms with Gasteiger partial charge in [-0.1, -0.05) is 20.8 Å². The van der Waals surface area contributed by atoms with Crippen LogP contribution in [0.15, 0.2) is 0 Å². The Kier molecular flexibility index (Phi) is 3.75. The molecule has 1 saturated heterocycles. The lowest BCUT2D eigenvalue weighted by Crippen LogP contribution is -2.56. The SMILES string of the molecule is CC(C)(C)CC(=O)N1CNC(=O)CC1C(=O)O. The van der Waals surface area contributed by atoms with E-state index in [1.807, 2.05) is 20.8 Å². The van der Waals surface area contributed by atoms with Crippen LogP contribution < -0.4 is 5.32 Å². The van der Waals surface area contributed by atoms with Gasteiger partial charge in [0.05, 0.1) is 13.1 Å². The van der Waals surface area contributed by atoms with Gasteiger partial charge in [0.25, 0.3) is 0 Å². The topological polar surface area (TPSA) is 86.7 Å². The number of rotatable bonds is 2. The molecule has 0 saturated carbocycles. The minimum absolute atomic E-state index is 0.0231. The average Bonchev–Trinajstić information content (AvgIpc) is 2.14. The van der Waals surface area contributed by atoms with Gasteiger partial charge in [-0.2, -0.15) is 0 Å². The zero-order valence-corrected chi connectivity index (χ0v) is 10.3. The molecule has 96 valence electrons. The summed E-state index contributed by atoms with van der Waals surface area (Å²) in [7, 11) is 0. The first-order valence-corrected chi connectivity index (χ1v) is 5.50. The van der Waals surface area contributed by atoms with E-state index in [9.17, 15) is 14.4 Å². The van der Waals surface area contributed by atoms with Crippen LogP contribution in [0.2, 0.25) is 0 Å². The van der Waals surface area contributed by atoms with Crippen molar-refractivity contribution in [3.63, 3.8) is 0 Å². The van der Waals surface area contributed by atoms with E-state index in [0.717, 1.165) is 0 Å². The van der Waals surface area contributed by atoms with Crippen molar-refractivity contribution in [3.05, 3.63) is 0 Å². The van der Waals surface area contributed by atoms with Crippen LogP contribution in [0.4, 0.5) is 0 Å². The molecule has 1 atom stereocenters. The van der Waals surface area contributed by atoms with Crippen molar-refractivity contribution in [2.24, 2.45) is 5.41 Å². The summed E-state index contributed by atoms with van der Waals surface area (Å²) in [5.74, 6) is -1.72. The quantitative estimate of drug-likeness (QED) is 0.723. The summed E-state index contributed by atoms with van der Waals surface area (Å²) >= 11 is 0. The highest BCUT2D eigenvalue weighted by Gasteiger charge is 2.36. The molecule has 6 nitrogen and oxygen atoms in total. The highest BCUT2D eigenvalue weighted by atomic mass is 16.4. The molecule has 6 heteroatoms. The van der Waals surface area contributed by atoms with Crippen LogP contribution in [0.5, 0.6) is 0 Å². The Hall–Kier alpha value is -1.59. The molecule has 0 radical (unpaired) electrons. The van der Waals surface area contributed by atoms with E-state index in [1.54, 1.807) is 0 Å². The fourth-order valence-electron chi connectivity index (χ4n) is 1.68. The minimum atomic E-state index is -1.14. The molecule has 0 aromatic rings. The number of hydrogen-bond acceptors (Lipinski definition) is 3. The second-order valence-electron chi connectivity index (χ2n) is 5.42. The van der Waals surface area contributed by atoms with Gasteiger partial charge in [0.1, 0.15) is 6.04 Å². The lowest BCUT2D eigenvalue weighted by Gasteiger charge is -2.34. The van der Waals surface area contributed by atoms with Crippen molar-refractivity contribution < 1.29 is 19.5 Å². The third-order valence-corrected chi connectivity index (χ3v) is 2.49. The number of hydrogen-bond donors (Lipinski definition) is 2. The molecule has 0 spiro atoms. The smallest absolute Gasteiger partial charge is 0.327 e. The van der Waals surface area contributed by atoms with Gasteiger partial charge in [-0.3, -0.25) is 9.59 Å². The number of nitrogens with zero attached hydrogens (tertiary/aromatic N) is 1. The molecule has 2 N–H and O–H groups in total. The molecular weight excluding hydrogens is 224 g/mol. The van der Waals surface area contributed by atoms with Gasteiger partial charge in [-0.25, -0.2) is 4.79 Å². The maximum Gasteiger partial charge on any atom is 0.327 e.